The van der Waals surface area contributed by atoms with Crippen molar-refractivity contribution in [3.63, 3.8) is 0 Å². The Balaban J connectivity index is 1.64. The number of rotatable bonds is 2. The van der Waals surface area contributed by atoms with Crippen LogP contribution in [-0.4, -0.2) is 27.5 Å². The number of H-pyrrole nitrogens is 1. The lowest BCUT2D eigenvalue weighted by Crippen LogP contribution is -2.35. The number of carbonyl (C=O) groups excluding carboxylic acids is 1. The van der Waals surface area contributed by atoms with Crippen LogP contribution >= 0.6 is 34.8 Å². The van der Waals surface area contributed by atoms with Crippen molar-refractivity contribution in [2.24, 2.45) is 0 Å². The summed E-state index contributed by atoms with van der Waals surface area (Å²) in [4.78, 5) is 14.7. The first-order valence-corrected chi connectivity index (χ1v) is 9.22. The quantitative estimate of drug-likeness (QED) is 0.633. The van der Waals surface area contributed by atoms with Crippen molar-refractivity contribution in [2.45, 2.75) is 13.0 Å². The van der Waals surface area contributed by atoms with Crippen molar-refractivity contribution < 1.29 is 4.79 Å². The van der Waals surface area contributed by atoms with Crippen molar-refractivity contribution in [1.29, 1.82) is 0 Å². The largest absolute Gasteiger partial charge is 0.334 e. The molecular formula is C19H14Cl3N3O. The number of halogens is 3. The Bertz CT molecular complexity index is 999. The number of hydrogen-bond donors (Lipinski definition) is 1. The van der Waals surface area contributed by atoms with E-state index in [1.807, 2.05) is 24.3 Å². The van der Waals surface area contributed by atoms with E-state index >= 15 is 0 Å². The Morgan fingerprint density at radius 3 is 2.69 bits per heavy atom. The van der Waals surface area contributed by atoms with Gasteiger partial charge in [-0.15, -0.1) is 0 Å². The maximum atomic E-state index is 12.9. The summed E-state index contributed by atoms with van der Waals surface area (Å²) in [6.07, 6.45) is 0.718. The molecule has 2 aromatic carbocycles. The van der Waals surface area contributed by atoms with Crippen molar-refractivity contribution in [3.8, 4) is 11.3 Å². The normalized spacial score (nSPS) is 13.6. The highest BCUT2D eigenvalue weighted by Crippen LogP contribution is 2.31. The van der Waals surface area contributed by atoms with E-state index in [1.165, 1.54) is 0 Å². The molecular weight excluding hydrogens is 393 g/mol. The molecule has 0 saturated carbocycles. The average molecular weight is 407 g/mol. The highest BCUT2D eigenvalue weighted by atomic mass is 35.5. The third-order valence-electron chi connectivity index (χ3n) is 4.49. The van der Waals surface area contributed by atoms with Gasteiger partial charge in [0.25, 0.3) is 5.91 Å². The summed E-state index contributed by atoms with van der Waals surface area (Å²) < 4.78 is 0. The number of carbonyl (C=O) groups is 1. The fourth-order valence-electron chi connectivity index (χ4n) is 3.15. The van der Waals surface area contributed by atoms with Gasteiger partial charge >= 0.3 is 0 Å². The number of nitrogens with zero attached hydrogens (tertiary/aromatic N) is 2. The molecule has 0 fully saturated rings. The van der Waals surface area contributed by atoms with Gasteiger partial charge in [0.2, 0.25) is 0 Å². The number of hydrogen-bond acceptors (Lipinski definition) is 2. The molecule has 1 amide bonds. The maximum absolute atomic E-state index is 12.9. The number of nitrogens with one attached hydrogen (secondary N) is 1. The number of fused-ring (bicyclic) bond motifs is 1. The third kappa shape index (κ3) is 3.20. The maximum Gasteiger partial charge on any atom is 0.254 e. The number of amides is 1. The van der Waals surface area contributed by atoms with Crippen LogP contribution in [0.3, 0.4) is 0 Å². The molecule has 0 radical (unpaired) electrons. The second kappa shape index (κ2) is 6.95. The fourth-order valence-corrected chi connectivity index (χ4v) is 3.64. The highest BCUT2D eigenvalue weighted by Gasteiger charge is 2.26. The van der Waals surface area contributed by atoms with Crippen molar-refractivity contribution in [2.75, 3.05) is 6.54 Å². The van der Waals surface area contributed by atoms with Crippen LogP contribution in [0.5, 0.6) is 0 Å². The summed E-state index contributed by atoms with van der Waals surface area (Å²) in [5.41, 5.74) is 4.36. The van der Waals surface area contributed by atoms with E-state index in [2.05, 4.69) is 10.2 Å². The minimum absolute atomic E-state index is 0.0764. The minimum atomic E-state index is -0.0764. The molecule has 7 heteroatoms. The summed E-state index contributed by atoms with van der Waals surface area (Å²) >= 11 is 18.1. The van der Waals surface area contributed by atoms with Crippen LogP contribution in [0, 0.1) is 0 Å². The lowest BCUT2D eigenvalue weighted by atomic mass is 10.0. The lowest BCUT2D eigenvalue weighted by molar-refractivity contribution is 0.0734. The molecule has 0 spiro atoms. The second-order valence-corrected chi connectivity index (χ2v) is 7.40. The van der Waals surface area contributed by atoms with E-state index in [0.29, 0.717) is 33.7 Å². The summed E-state index contributed by atoms with van der Waals surface area (Å²) in [6.45, 7) is 1.09. The Morgan fingerprint density at radius 1 is 1.08 bits per heavy atom. The monoisotopic (exact) mass is 405 g/mol. The highest BCUT2D eigenvalue weighted by molar-refractivity contribution is 6.42. The van der Waals surface area contributed by atoms with Crippen LogP contribution in [0.2, 0.25) is 15.1 Å². The van der Waals surface area contributed by atoms with E-state index in [4.69, 9.17) is 34.8 Å². The van der Waals surface area contributed by atoms with Gasteiger partial charge in [-0.05, 0) is 30.3 Å². The molecule has 0 bridgehead atoms. The van der Waals surface area contributed by atoms with Gasteiger partial charge in [-0.25, -0.2) is 0 Å². The first-order chi connectivity index (χ1) is 12.5. The van der Waals surface area contributed by atoms with Gasteiger partial charge in [-0.2, -0.15) is 5.10 Å². The van der Waals surface area contributed by atoms with Crippen LogP contribution in [0.25, 0.3) is 11.3 Å². The molecule has 1 aliphatic heterocycles. The first-order valence-electron chi connectivity index (χ1n) is 8.09. The summed E-state index contributed by atoms with van der Waals surface area (Å²) in [5, 5.41) is 8.99. The van der Waals surface area contributed by atoms with Gasteiger partial charge in [0, 0.05) is 46.9 Å². The third-order valence-corrected chi connectivity index (χ3v) is 5.46. The number of aromatic nitrogens is 2. The molecule has 2 heterocycles. The van der Waals surface area contributed by atoms with E-state index in [0.717, 1.165) is 28.9 Å². The fraction of sp³-hybridized carbons (Fsp3) is 0.158. The van der Waals surface area contributed by atoms with Crippen LogP contribution < -0.4 is 0 Å². The SMILES string of the molecule is O=C(c1ccc(Cl)c(Cl)c1)N1CCc2[nH]nc(-c3cccc(Cl)c3)c2C1. The number of aromatic amines is 1. The Morgan fingerprint density at radius 2 is 1.92 bits per heavy atom. The van der Waals surface area contributed by atoms with Crippen molar-refractivity contribution in [3.05, 3.63) is 74.4 Å². The van der Waals surface area contributed by atoms with Crippen LogP contribution in [-0.2, 0) is 13.0 Å². The smallest absolute Gasteiger partial charge is 0.254 e. The molecule has 4 rings (SSSR count). The topological polar surface area (TPSA) is 49.0 Å². The average Bonchev–Trinajstić information content (AvgIpc) is 3.06. The molecule has 1 aliphatic rings. The second-order valence-electron chi connectivity index (χ2n) is 6.15. The zero-order valence-electron chi connectivity index (χ0n) is 13.6. The molecule has 1 N–H and O–H groups in total. The van der Waals surface area contributed by atoms with Gasteiger partial charge in [0.1, 0.15) is 0 Å². The molecule has 1 aromatic heterocycles. The van der Waals surface area contributed by atoms with E-state index in [9.17, 15) is 4.79 Å². The van der Waals surface area contributed by atoms with Gasteiger partial charge in [0.15, 0.2) is 0 Å². The van der Waals surface area contributed by atoms with Gasteiger partial charge < -0.3 is 4.90 Å². The van der Waals surface area contributed by atoms with Gasteiger partial charge in [-0.1, -0.05) is 46.9 Å². The molecule has 0 unspecified atom stereocenters. The predicted octanol–water partition coefficient (Wildman–Crippen LogP) is 5.24. The zero-order chi connectivity index (χ0) is 18.3. The Kier molecular flexibility index (Phi) is 4.65. The molecule has 4 nitrogen and oxygen atoms in total. The molecule has 26 heavy (non-hydrogen) atoms. The Hall–Kier alpha value is -2.01. The van der Waals surface area contributed by atoms with Crippen molar-refractivity contribution in [1.82, 2.24) is 15.1 Å². The lowest BCUT2D eigenvalue weighted by Gasteiger charge is -2.27. The summed E-state index contributed by atoms with van der Waals surface area (Å²) in [6, 6.07) is 12.5. The van der Waals surface area contributed by atoms with Crippen LogP contribution in [0.1, 0.15) is 21.6 Å². The standard InChI is InChI=1S/C19H14Cl3N3O/c20-13-3-1-2-11(8-13)18-14-10-25(7-6-17(14)23-24-18)19(26)12-4-5-15(21)16(22)9-12/h1-5,8-9H,6-7,10H2,(H,23,24). The van der Waals surface area contributed by atoms with E-state index in [1.54, 1.807) is 23.1 Å². The molecule has 132 valence electrons. The molecule has 3 aromatic rings. The Labute approximate surface area is 165 Å². The molecule has 0 aliphatic carbocycles. The summed E-state index contributed by atoms with van der Waals surface area (Å²) in [7, 11) is 0. The first kappa shape index (κ1) is 17.4. The summed E-state index contributed by atoms with van der Waals surface area (Å²) in [5.74, 6) is -0.0764. The van der Waals surface area contributed by atoms with E-state index < -0.39 is 0 Å². The molecule has 0 saturated heterocycles. The number of benzene rings is 2. The predicted molar refractivity (Wildman–Crippen MR) is 104 cm³/mol. The van der Waals surface area contributed by atoms with Crippen molar-refractivity contribution >= 4 is 40.7 Å². The van der Waals surface area contributed by atoms with E-state index in [-0.39, 0.29) is 5.91 Å². The van der Waals surface area contributed by atoms with Crippen LogP contribution in [0.4, 0.5) is 0 Å². The molecule has 0 atom stereocenters. The van der Waals surface area contributed by atoms with Crippen LogP contribution in [0.15, 0.2) is 42.5 Å². The van der Waals surface area contributed by atoms with Gasteiger partial charge in [0.05, 0.1) is 15.7 Å². The van der Waals surface area contributed by atoms with Gasteiger partial charge in [-0.3, -0.25) is 9.89 Å². The minimum Gasteiger partial charge on any atom is -0.334 e. The zero-order valence-corrected chi connectivity index (χ0v) is 15.9.